The van der Waals surface area contributed by atoms with Gasteiger partial charge >= 0.3 is 0 Å². The second-order valence-electron chi connectivity index (χ2n) is 8.78. The Balaban J connectivity index is 1.46. The van der Waals surface area contributed by atoms with Crippen molar-refractivity contribution in [3.05, 3.63) is 59.4 Å². The van der Waals surface area contributed by atoms with Crippen molar-refractivity contribution < 1.29 is 9.84 Å². The molecule has 0 spiro atoms. The van der Waals surface area contributed by atoms with E-state index >= 15 is 0 Å². The summed E-state index contributed by atoms with van der Waals surface area (Å²) in [5.41, 5.74) is 3.52. The Kier molecular flexibility index (Phi) is 8.67. The smallest absolute Gasteiger partial charge is 0.119 e. The van der Waals surface area contributed by atoms with Crippen LogP contribution in [0.4, 0.5) is 0 Å². The molecular weight excluding hydrogens is 374 g/mol. The van der Waals surface area contributed by atoms with Gasteiger partial charge in [0.15, 0.2) is 0 Å². The lowest BCUT2D eigenvalue weighted by Gasteiger charge is -2.32. The number of aliphatic hydroxyl groups is 1. The number of aryl methyl sites for hydroxylation is 1. The zero-order valence-corrected chi connectivity index (χ0v) is 18.8. The predicted molar refractivity (Wildman–Crippen MR) is 122 cm³/mol. The molecule has 1 aliphatic carbocycles. The summed E-state index contributed by atoms with van der Waals surface area (Å²) in [6, 6.07) is 12.8. The topological polar surface area (TPSA) is 48.8 Å². The summed E-state index contributed by atoms with van der Waals surface area (Å²) in [5.74, 6) is 0.814. The van der Waals surface area contributed by atoms with Crippen molar-refractivity contribution in [2.24, 2.45) is 0 Å². The fourth-order valence-corrected chi connectivity index (χ4v) is 4.29. The number of rotatable bonds is 10. The Bertz CT molecular complexity index is 776. The highest BCUT2D eigenvalue weighted by Gasteiger charge is 2.20. The number of ether oxygens (including phenoxy) is 1. The molecule has 0 saturated heterocycles. The molecule has 1 heterocycles. The highest BCUT2D eigenvalue weighted by atomic mass is 16.5. The number of benzene rings is 1. The molecule has 164 valence electrons. The monoisotopic (exact) mass is 411 g/mol. The zero-order chi connectivity index (χ0) is 21.3. The molecule has 1 aromatic heterocycles. The summed E-state index contributed by atoms with van der Waals surface area (Å²) in [4.78, 5) is 9.04. The van der Waals surface area contributed by atoms with Crippen LogP contribution in [0.1, 0.15) is 48.9 Å². The van der Waals surface area contributed by atoms with Crippen molar-refractivity contribution in [1.82, 2.24) is 14.8 Å². The number of nitrogens with zero attached hydrogens (tertiary/aromatic N) is 3. The maximum Gasteiger partial charge on any atom is 0.119 e. The van der Waals surface area contributed by atoms with Gasteiger partial charge in [-0.2, -0.15) is 0 Å². The molecule has 0 amide bonds. The molecule has 0 bridgehead atoms. The van der Waals surface area contributed by atoms with Gasteiger partial charge in [0.25, 0.3) is 0 Å². The highest BCUT2D eigenvalue weighted by molar-refractivity contribution is 5.28. The molecule has 0 aliphatic heterocycles. The van der Waals surface area contributed by atoms with Crippen molar-refractivity contribution in [1.29, 1.82) is 0 Å². The molecule has 5 heteroatoms. The van der Waals surface area contributed by atoms with E-state index in [1.165, 1.54) is 43.2 Å². The van der Waals surface area contributed by atoms with E-state index in [0.29, 0.717) is 19.2 Å². The van der Waals surface area contributed by atoms with Crippen LogP contribution < -0.4 is 4.74 Å². The first-order valence-corrected chi connectivity index (χ1v) is 11.2. The van der Waals surface area contributed by atoms with Gasteiger partial charge in [-0.1, -0.05) is 37.5 Å². The first kappa shape index (κ1) is 22.7. The van der Waals surface area contributed by atoms with E-state index in [-0.39, 0.29) is 0 Å². The van der Waals surface area contributed by atoms with E-state index in [1.807, 2.05) is 24.4 Å². The Morgan fingerprint density at radius 1 is 1.10 bits per heavy atom. The van der Waals surface area contributed by atoms with Gasteiger partial charge in [0.1, 0.15) is 18.5 Å². The van der Waals surface area contributed by atoms with Gasteiger partial charge < -0.3 is 14.7 Å². The van der Waals surface area contributed by atoms with Gasteiger partial charge in [0, 0.05) is 31.9 Å². The Labute approximate surface area is 181 Å². The number of aromatic nitrogens is 1. The van der Waals surface area contributed by atoms with E-state index in [2.05, 4.69) is 54.0 Å². The second kappa shape index (κ2) is 11.4. The zero-order valence-electron chi connectivity index (χ0n) is 18.8. The summed E-state index contributed by atoms with van der Waals surface area (Å²) in [6.45, 7) is 4.71. The lowest BCUT2D eigenvalue weighted by atomic mass is 9.94. The van der Waals surface area contributed by atoms with Crippen LogP contribution in [0.3, 0.4) is 0 Å². The second-order valence-corrected chi connectivity index (χ2v) is 8.78. The van der Waals surface area contributed by atoms with Gasteiger partial charge in [0.2, 0.25) is 0 Å². The number of pyridine rings is 1. The number of hydrogen-bond donors (Lipinski definition) is 1. The molecule has 30 heavy (non-hydrogen) atoms. The summed E-state index contributed by atoms with van der Waals surface area (Å²) in [7, 11) is 4.23. The summed E-state index contributed by atoms with van der Waals surface area (Å²) >= 11 is 0. The number of hydrogen-bond acceptors (Lipinski definition) is 5. The van der Waals surface area contributed by atoms with Gasteiger partial charge in [0.05, 0.1) is 5.69 Å². The quantitative estimate of drug-likeness (QED) is 0.640. The third kappa shape index (κ3) is 7.08. The lowest BCUT2D eigenvalue weighted by molar-refractivity contribution is 0.0561. The minimum Gasteiger partial charge on any atom is -0.491 e. The maximum absolute atomic E-state index is 10.4. The largest absolute Gasteiger partial charge is 0.491 e. The van der Waals surface area contributed by atoms with E-state index in [1.54, 1.807) is 0 Å². The Morgan fingerprint density at radius 3 is 2.67 bits per heavy atom. The fraction of sp³-hybridized carbons (Fsp3) is 0.560. The number of aliphatic hydroxyl groups excluding tert-OH is 1. The molecule has 1 aromatic carbocycles. The normalized spacial score (nSPS) is 16.2. The molecule has 1 saturated carbocycles. The molecule has 2 aromatic rings. The third-order valence-electron chi connectivity index (χ3n) is 6.03. The van der Waals surface area contributed by atoms with Crippen LogP contribution in [0, 0.1) is 6.92 Å². The van der Waals surface area contributed by atoms with Crippen LogP contribution in [-0.2, 0) is 13.1 Å². The van der Waals surface area contributed by atoms with Crippen LogP contribution >= 0.6 is 0 Å². The lowest BCUT2D eigenvalue weighted by Crippen LogP contribution is -2.40. The molecule has 1 aliphatic rings. The van der Waals surface area contributed by atoms with Crippen LogP contribution in [-0.4, -0.2) is 59.3 Å². The fourth-order valence-electron chi connectivity index (χ4n) is 4.29. The maximum atomic E-state index is 10.4. The molecular formula is C25H37N3O2. The summed E-state index contributed by atoms with van der Waals surface area (Å²) in [6.07, 6.45) is 7.83. The summed E-state index contributed by atoms with van der Waals surface area (Å²) in [5, 5.41) is 10.4. The average Bonchev–Trinajstić information content (AvgIpc) is 2.75. The molecule has 1 N–H and O–H groups in total. The van der Waals surface area contributed by atoms with Gasteiger partial charge in [-0.3, -0.25) is 9.88 Å². The number of likely N-dealkylation sites (N-methyl/N-ethyl adjacent to an activating group) is 1. The summed E-state index contributed by atoms with van der Waals surface area (Å²) < 4.78 is 5.91. The van der Waals surface area contributed by atoms with Crippen molar-refractivity contribution in [3.63, 3.8) is 0 Å². The highest BCUT2D eigenvalue weighted by Crippen LogP contribution is 2.22. The molecule has 0 radical (unpaired) electrons. The standard InChI is InChI=1S/C25H37N3O2/c1-20-9-8-14-26-25(20)18-27(2)16-21-10-7-13-24(15-21)30-19-23(29)17-28(3)22-11-5-4-6-12-22/h7-10,13-15,22-23,29H,4-6,11-12,16-19H2,1-3H3. The van der Waals surface area contributed by atoms with Crippen LogP contribution in [0.5, 0.6) is 5.75 Å². The van der Waals surface area contributed by atoms with Gasteiger partial charge in [-0.25, -0.2) is 0 Å². The first-order valence-electron chi connectivity index (χ1n) is 11.2. The van der Waals surface area contributed by atoms with Crippen molar-refractivity contribution in [2.45, 2.75) is 64.3 Å². The minimum atomic E-state index is -0.476. The molecule has 1 fully saturated rings. The van der Waals surface area contributed by atoms with Gasteiger partial charge in [-0.15, -0.1) is 0 Å². The minimum absolute atomic E-state index is 0.323. The average molecular weight is 412 g/mol. The van der Waals surface area contributed by atoms with Crippen molar-refractivity contribution in [3.8, 4) is 5.75 Å². The predicted octanol–water partition coefficient (Wildman–Crippen LogP) is 4.03. The van der Waals surface area contributed by atoms with E-state index in [9.17, 15) is 5.11 Å². The van der Waals surface area contributed by atoms with Crippen molar-refractivity contribution in [2.75, 3.05) is 27.2 Å². The van der Waals surface area contributed by atoms with E-state index in [4.69, 9.17) is 4.74 Å². The third-order valence-corrected chi connectivity index (χ3v) is 6.03. The Morgan fingerprint density at radius 2 is 1.90 bits per heavy atom. The van der Waals surface area contributed by atoms with Crippen molar-refractivity contribution >= 4 is 0 Å². The SMILES string of the molecule is Cc1cccnc1CN(C)Cc1cccc(OCC(O)CN(C)C2CCCCC2)c1. The molecule has 3 rings (SSSR count). The Hall–Kier alpha value is -1.95. The van der Waals surface area contributed by atoms with Crippen LogP contribution in [0.15, 0.2) is 42.6 Å². The molecule has 1 atom stereocenters. The van der Waals surface area contributed by atoms with Crippen LogP contribution in [0.25, 0.3) is 0 Å². The molecule has 1 unspecified atom stereocenters. The van der Waals surface area contributed by atoms with Gasteiger partial charge in [-0.05, 0) is 63.2 Å². The van der Waals surface area contributed by atoms with Crippen LogP contribution in [0.2, 0.25) is 0 Å². The van der Waals surface area contributed by atoms with E-state index in [0.717, 1.165) is 24.5 Å². The van der Waals surface area contributed by atoms with E-state index < -0.39 is 6.10 Å². The first-order chi connectivity index (χ1) is 14.5. The molecule has 5 nitrogen and oxygen atoms in total.